The predicted molar refractivity (Wildman–Crippen MR) is 31.4 cm³/mol. The summed E-state index contributed by atoms with van der Waals surface area (Å²) in [5, 5.41) is 0. The predicted octanol–water partition coefficient (Wildman–Crippen LogP) is 0.405. The van der Waals surface area contributed by atoms with E-state index < -0.39 is 0 Å². The zero-order valence-electron chi connectivity index (χ0n) is 4.76. The molecule has 0 atom stereocenters. The minimum Gasteiger partial charge on any atom is -0.339 e. The molecule has 1 rings (SSSR count). The van der Waals surface area contributed by atoms with Gasteiger partial charge in [0.15, 0.2) is 0 Å². The molecular weight excluding hydrogens is 102 g/mol. The largest absolute Gasteiger partial charge is 0.339 e. The van der Waals surface area contributed by atoms with Crippen LogP contribution in [-0.2, 0) is 4.79 Å². The highest BCUT2D eigenvalue weighted by Gasteiger charge is 2.21. The molecule has 1 aliphatic rings. The highest BCUT2D eigenvalue weighted by atomic mass is 16.2. The van der Waals surface area contributed by atoms with Crippen molar-refractivity contribution in [1.82, 2.24) is 4.90 Å². The summed E-state index contributed by atoms with van der Waals surface area (Å²) >= 11 is 0. The van der Waals surface area contributed by atoms with Gasteiger partial charge in [-0.3, -0.25) is 4.79 Å². The fourth-order valence-corrected chi connectivity index (χ4v) is 0.552. The Labute approximate surface area is 48.8 Å². The number of hydrogen-bond acceptors (Lipinski definition) is 1. The van der Waals surface area contributed by atoms with E-state index in [0.29, 0.717) is 6.42 Å². The number of carbonyl (C=O) groups excluding carboxylic acids is 1. The lowest BCUT2D eigenvalue weighted by Gasteiger charge is -1.92. The molecule has 8 heavy (non-hydrogen) atoms. The molecule has 0 saturated carbocycles. The molecule has 0 aromatic rings. The number of hydrogen-bond donors (Lipinski definition) is 0. The van der Waals surface area contributed by atoms with Crippen molar-refractivity contribution >= 4 is 5.91 Å². The molecule has 2 heteroatoms. The van der Waals surface area contributed by atoms with E-state index in [1.165, 1.54) is 0 Å². The van der Waals surface area contributed by atoms with Crippen molar-refractivity contribution in [3.8, 4) is 0 Å². The van der Waals surface area contributed by atoms with Crippen LogP contribution in [0.25, 0.3) is 0 Å². The summed E-state index contributed by atoms with van der Waals surface area (Å²) in [5.41, 5.74) is 0. The highest BCUT2D eigenvalue weighted by molar-refractivity contribution is 5.79. The molecule has 1 heterocycles. The first-order valence-electron chi connectivity index (χ1n) is 2.73. The second-order valence-corrected chi connectivity index (χ2v) is 1.87. The molecule has 0 aromatic heterocycles. The minimum absolute atomic E-state index is 0.208. The van der Waals surface area contributed by atoms with E-state index in [2.05, 4.69) is 6.58 Å². The molecule has 0 aliphatic carbocycles. The Kier molecular flexibility index (Phi) is 1.33. The summed E-state index contributed by atoms with van der Waals surface area (Å²) in [4.78, 5) is 12.5. The lowest BCUT2D eigenvalue weighted by atomic mass is 10.4. The van der Waals surface area contributed by atoms with Crippen LogP contribution in [0.5, 0.6) is 0 Å². The molecule has 1 saturated heterocycles. The van der Waals surface area contributed by atoms with Crippen molar-refractivity contribution in [3.63, 3.8) is 0 Å². The first-order chi connectivity index (χ1) is 3.84. The Morgan fingerprint density at radius 3 is 2.75 bits per heavy atom. The normalized spacial score (nSPS) is 15.8. The maximum Gasteiger partial charge on any atom is 0.226 e. The lowest BCUT2D eigenvalue weighted by Crippen LogP contribution is -2.07. The van der Waals surface area contributed by atoms with Crippen LogP contribution in [0.2, 0.25) is 0 Å². The molecule has 1 aliphatic heterocycles. The molecule has 0 radical (unpaired) electrons. The van der Waals surface area contributed by atoms with Crippen molar-refractivity contribution in [2.75, 3.05) is 13.1 Å². The number of carbonyl (C=O) groups is 1. The maximum atomic E-state index is 10.7. The van der Waals surface area contributed by atoms with Gasteiger partial charge in [0.1, 0.15) is 0 Å². The third-order valence-electron chi connectivity index (χ3n) is 1.12. The zero-order valence-corrected chi connectivity index (χ0v) is 4.76. The van der Waals surface area contributed by atoms with Gasteiger partial charge in [-0.1, -0.05) is 6.08 Å². The van der Waals surface area contributed by atoms with Gasteiger partial charge in [-0.15, -0.1) is 6.58 Å². The number of rotatable bonds is 2. The van der Waals surface area contributed by atoms with E-state index in [4.69, 9.17) is 0 Å². The van der Waals surface area contributed by atoms with Gasteiger partial charge in [0.25, 0.3) is 0 Å². The summed E-state index contributed by atoms with van der Waals surface area (Å²) in [6.45, 7) is 5.37. The number of nitrogens with zero attached hydrogens (tertiary/aromatic N) is 1. The molecule has 0 spiro atoms. The summed E-state index contributed by atoms with van der Waals surface area (Å²) in [6, 6.07) is 0. The van der Waals surface area contributed by atoms with Gasteiger partial charge < -0.3 is 4.90 Å². The van der Waals surface area contributed by atoms with Gasteiger partial charge in [0.05, 0.1) is 0 Å². The minimum atomic E-state index is 0.208. The van der Waals surface area contributed by atoms with E-state index in [1.807, 2.05) is 0 Å². The third kappa shape index (κ3) is 1.09. The van der Waals surface area contributed by atoms with Crippen LogP contribution < -0.4 is 0 Å². The Morgan fingerprint density at radius 1 is 1.75 bits per heavy atom. The van der Waals surface area contributed by atoms with Crippen LogP contribution in [-0.4, -0.2) is 23.9 Å². The van der Waals surface area contributed by atoms with E-state index in [0.717, 1.165) is 13.1 Å². The van der Waals surface area contributed by atoms with E-state index >= 15 is 0 Å². The first-order valence-corrected chi connectivity index (χ1v) is 2.73. The van der Waals surface area contributed by atoms with Crippen molar-refractivity contribution in [2.24, 2.45) is 0 Å². The standard InChI is InChI=1S/C6H9NO/c1-2-3-6(8)7-4-5-7/h2H,1,3-5H2. The van der Waals surface area contributed by atoms with Gasteiger partial charge in [-0.2, -0.15) is 0 Å². The molecule has 0 N–H and O–H groups in total. The molecule has 1 fully saturated rings. The van der Waals surface area contributed by atoms with Crippen LogP contribution in [0.1, 0.15) is 6.42 Å². The average Bonchev–Trinajstić information content (AvgIpc) is 2.45. The van der Waals surface area contributed by atoms with Crippen molar-refractivity contribution in [1.29, 1.82) is 0 Å². The van der Waals surface area contributed by atoms with Crippen LogP contribution in [0.3, 0.4) is 0 Å². The smallest absolute Gasteiger partial charge is 0.226 e. The lowest BCUT2D eigenvalue weighted by molar-refractivity contribution is -0.124. The Morgan fingerprint density at radius 2 is 2.38 bits per heavy atom. The fraction of sp³-hybridized carbons (Fsp3) is 0.500. The van der Waals surface area contributed by atoms with Crippen molar-refractivity contribution in [2.45, 2.75) is 6.42 Å². The first kappa shape index (κ1) is 5.35. The van der Waals surface area contributed by atoms with E-state index in [9.17, 15) is 4.79 Å². The molecule has 0 bridgehead atoms. The monoisotopic (exact) mass is 111 g/mol. The Balaban J connectivity index is 2.22. The Hall–Kier alpha value is -0.790. The average molecular weight is 111 g/mol. The molecule has 2 nitrogen and oxygen atoms in total. The zero-order chi connectivity index (χ0) is 5.98. The molecular formula is C6H9NO. The molecule has 0 aromatic carbocycles. The van der Waals surface area contributed by atoms with Crippen LogP contribution >= 0.6 is 0 Å². The molecule has 0 unspecified atom stereocenters. The van der Waals surface area contributed by atoms with Gasteiger partial charge >= 0.3 is 0 Å². The van der Waals surface area contributed by atoms with Crippen molar-refractivity contribution < 1.29 is 4.79 Å². The van der Waals surface area contributed by atoms with Crippen molar-refractivity contribution in [3.05, 3.63) is 12.7 Å². The van der Waals surface area contributed by atoms with Gasteiger partial charge in [-0.05, 0) is 0 Å². The van der Waals surface area contributed by atoms with Crippen LogP contribution in [0, 0.1) is 0 Å². The fourth-order valence-electron chi connectivity index (χ4n) is 0.552. The summed E-state index contributed by atoms with van der Waals surface area (Å²) in [5.74, 6) is 0.208. The molecule has 1 amide bonds. The third-order valence-corrected chi connectivity index (χ3v) is 1.12. The van der Waals surface area contributed by atoms with Crippen LogP contribution in [0.15, 0.2) is 12.7 Å². The summed E-state index contributed by atoms with van der Waals surface area (Å²) in [7, 11) is 0. The summed E-state index contributed by atoms with van der Waals surface area (Å²) < 4.78 is 0. The van der Waals surface area contributed by atoms with Gasteiger partial charge in [0, 0.05) is 19.5 Å². The second-order valence-electron chi connectivity index (χ2n) is 1.87. The summed E-state index contributed by atoms with van der Waals surface area (Å²) in [6.07, 6.45) is 2.14. The topological polar surface area (TPSA) is 20.1 Å². The van der Waals surface area contributed by atoms with Gasteiger partial charge in [-0.25, -0.2) is 0 Å². The number of amides is 1. The van der Waals surface area contributed by atoms with Crippen LogP contribution in [0.4, 0.5) is 0 Å². The Bertz CT molecular complexity index is 116. The quantitative estimate of drug-likeness (QED) is 0.373. The highest BCUT2D eigenvalue weighted by Crippen LogP contribution is 2.05. The van der Waals surface area contributed by atoms with Gasteiger partial charge in [0.2, 0.25) is 5.91 Å². The SMILES string of the molecule is C=CCC(=O)N1CC1. The maximum absolute atomic E-state index is 10.7. The second kappa shape index (κ2) is 1.99. The van der Waals surface area contributed by atoms with E-state index in [1.54, 1.807) is 11.0 Å². The molecule has 44 valence electrons. The van der Waals surface area contributed by atoms with E-state index in [-0.39, 0.29) is 5.91 Å².